The number of anilines is 1. The number of halogens is 3. The van der Waals surface area contributed by atoms with Gasteiger partial charge in [-0.15, -0.1) is 11.6 Å². The molecular formula is C14H12ClF2N. The summed E-state index contributed by atoms with van der Waals surface area (Å²) in [6.45, 7) is 0.101. The lowest BCUT2D eigenvalue weighted by molar-refractivity contribution is 0.560. The summed E-state index contributed by atoms with van der Waals surface area (Å²) in [5, 5.41) is 2.98. The molecule has 2 aromatic carbocycles. The molecular weight excluding hydrogens is 256 g/mol. The first-order chi connectivity index (χ1) is 8.70. The fourth-order valence-electron chi connectivity index (χ4n) is 1.66. The number of nitrogens with one attached hydrogen (secondary N) is 1. The number of benzene rings is 2. The zero-order valence-electron chi connectivity index (χ0n) is 9.59. The summed E-state index contributed by atoms with van der Waals surface area (Å²) in [7, 11) is 0. The Morgan fingerprint density at radius 2 is 1.67 bits per heavy atom. The third kappa shape index (κ3) is 2.99. The van der Waals surface area contributed by atoms with Crippen LogP contribution in [-0.4, -0.2) is 0 Å². The topological polar surface area (TPSA) is 12.0 Å². The van der Waals surface area contributed by atoms with Gasteiger partial charge in [-0.1, -0.05) is 18.2 Å². The predicted octanol–water partition coefficient (Wildman–Crippen LogP) is 4.32. The van der Waals surface area contributed by atoms with Crippen LogP contribution in [-0.2, 0) is 12.4 Å². The van der Waals surface area contributed by atoms with Crippen molar-refractivity contribution in [3.05, 3.63) is 65.2 Å². The quantitative estimate of drug-likeness (QED) is 0.814. The van der Waals surface area contributed by atoms with Gasteiger partial charge in [-0.25, -0.2) is 8.78 Å². The molecule has 0 aromatic heterocycles. The van der Waals surface area contributed by atoms with Crippen molar-refractivity contribution in [1.29, 1.82) is 0 Å². The Kier molecular flexibility index (Phi) is 4.15. The fourth-order valence-corrected chi connectivity index (χ4v) is 1.82. The first-order valence-corrected chi connectivity index (χ1v) is 6.06. The Balaban J connectivity index is 2.11. The van der Waals surface area contributed by atoms with E-state index in [-0.39, 0.29) is 12.1 Å². The van der Waals surface area contributed by atoms with Gasteiger partial charge >= 0.3 is 0 Å². The molecule has 1 nitrogen and oxygen atoms in total. The molecule has 1 N–H and O–H groups in total. The molecule has 0 aliphatic rings. The molecule has 0 spiro atoms. The minimum absolute atomic E-state index is 0.0359. The standard InChI is InChI=1S/C14H12ClF2N/c15-8-10-3-1-4-11(7-10)18-9-12-13(16)5-2-6-14(12)17/h1-7,18H,8-9H2. The van der Waals surface area contributed by atoms with Crippen molar-refractivity contribution in [2.24, 2.45) is 0 Å². The van der Waals surface area contributed by atoms with Crippen LogP contribution in [0.2, 0.25) is 0 Å². The second-order valence-corrected chi connectivity index (χ2v) is 4.16. The molecule has 0 aliphatic heterocycles. The van der Waals surface area contributed by atoms with Crippen LogP contribution in [0.3, 0.4) is 0 Å². The van der Waals surface area contributed by atoms with Crippen LogP contribution in [0.15, 0.2) is 42.5 Å². The fraction of sp³-hybridized carbons (Fsp3) is 0.143. The number of rotatable bonds is 4. The van der Waals surface area contributed by atoms with Crippen LogP contribution in [0.1, 0.15) is 11.1 Å². The van der Waals surface area contributed by atoms with Gasteiger partial charge in [0.1, 0.15) is 11.6 Å². The molecule has 0 unspecified atom stereocenters. The molecule has 0 atom stereocenters. The van der Waals surface area contributed by atoms with Crippen LogP contribution in [0.4, 0.5) is 14.5 Å². The highest BCUT2D eigenvalue weighted by atomic mass is 35.5. The molecule has 0 saturated carbocycles. The Bertz CT molecular complexity index is 523. The van der Waals surface area contributed by atoms with Gasteiger partial charge < -0.3 is 5.32 Å². The summed E-state index contributed by atoms with van der Waals surface area (Å²) in [4.78, 5) is 0. The smallest absolute Gasteiger partial charge is 0.131 e. The Labute approximate surface area is 109 Å². The van der Waals surface area contributed by atoms with Crippen LogP contribution >= 0.6 is 11.6 Å². The largest absolute Gasteiger partial charge is 0.381 e. The summed E-state index contributed by atoms with van der Waals surface area (Å²) in [6.07, 6.45) is 0. The summed E-state index contributed by atoms with van der Waals surface area (Å²) < 4.78 is 26.8. The summed E-state index contributed by atoms with van der Waals surface area (Å²) in [5.74, 6) is -0.684. The van der Waals surface area contributed by atoms with Gasteiger partial charge in [0.25, 0.3) is 0 Å². The third-order valence-corrected chi connectivity index (χ3v) is 2.92. The van der Waals surface area contributed by atoms with Crippen molar-refractivity contribution in [2.45, 2.75) is 12.4 Å². The molecule has 18 heavy (non-hydrogen) atoms. The van der Waals surface area contributed by atoms with Crippen molar-refractivity contribution >= 4 is 17.3 Å². The molecule has 0 fully saturated rings. The van der Waals surface area contributed by atoms with E-state index in [4.69, 9.17) is 11.6 Å². The molecule has 0 amide bonds. The van der Waals surface area contributed by atoms with Gasteiger partial charge in [0.2, 0.25) is 0 Å². The highest BCUT2D eigenvalue weighted by Crippen LogP contribution is 2.16. The lowest BCUT2D eigenvalue weighted by atomic mass is 10.2. The van der Waals surface area contributed by atoms with Gasteiger partial charge in [0.15, 0.2) is 0 Å². The Morgan fingerprint density at radius 3 is 2.33 bits per heavy atom. The van der Waals surface area contributed by atoms with Crippen molar-refractivity contribution in [3.8, 4) is 0 Å². The normalized spacial score (nSPS) is 10.4. The predicted molar refractivity (Wildman–Crippen MR) is 69.7 cm³/mol. The van der Waals surface area contributed by atoms with Crippen molar-refractivity contribution in [2.75, 3.05) is 5.32 Å². The van der Waals surface area contributed by atoms with Crippen LogP contribution < -0.4 is 5.32 Å². The molecule has 94 valence electrons. The molecule has 4 heteroatoms. The van der Waals surface area contributed by atoms with Gasteiger partial charge in [0.05, 0.1) is 0 Å². The van der Waals surface area contributed by atoms with Crippen molar-refractivity contribution < 1.29 is 8.78 Å². The lowest BCUT2D eigenvalue weighted by Crippen LogP contribution is -2.04. The summed E-state index contributed by atoms with van der Waals surface area (Å²) >= 11 is 5.72. The highest BCUT2D eigenvalue weighted by molar-refractivity contribution is 6.17. The number of alkyl halides is 1. The van der Waals surface area contributed by atoms with E-state index in [0.29, 0.717) is 5.88 Å². The molecule has 0 saturated heterocycles. The molecule has 2 rings (SSSR count). The lowest BCUT2D eigenvalue weighted by Gasteiger charge is -2.09. The van der Waals surface area contributed by atoms with E-state index in [1.807, 2.05) is 24.3 Å². The second kappa shape index (κ2) is 5.83. The molecule has 2 aromatic rings. The van der Waals surface area contributed by atoms with Crippen molar-refractivity contribution in [3.63, 3.8) is 0 Å². The van der Waals surface area contributed by atoms with Crippen LogP contribution in [0.5, 0.6) is 0 Å². The Morgan fingerprint density at radius 1 is 1.00 bits per heavy atom. The van der Waals surface area contributed by atoms with Crippen molar-refractivity contribution in [1.82, 2.24) is 0 Å². The van der Waals surface area contributed by atoms with E-state index in [2.05, 4.69) is 5.32 Å². The maximum absolute atomic E-state index is 13.4. The van der Waals surface area contributed by atoms with E-state index in [0.717, 1.165) is 11.3 Å². The average Bonchev–Trinajstić information content (AvgIpc) is 2.38. The van der Waals surface area contributed by atoms with E-state index >= 15 is 0 Å². The van der Waals surface area contributed by atoms with E-state index in [1.54, 1.807) is 0 Å². The average molecular weight is 268 g/mol. The van der Waals surface area contributed by atoms with Crippen LogP contribution in [0, 0.1) is 11.6 Å². The van der Waals surface area contributed by atoms with Gasteiger partial charge in [0, 0.05) is 23.7 Å². The first-order valence-electron chi connectivity index (χ1n) is 5.52. The summed E-state index contributed by atoms with van der Waals surface area (Å²) in [6, 6.07) is 11.3. The van der Waals surface area contributed by atoms with E-state index in [1.165, 1.54) is 18.2 Å². The number of hydrogen-bond donors (Lipinski definition) is 1. The molecule has 0 radical (unpaired) electrons. The van der Waals surface area contributed by atoms with Gasteiger partial charge in [-0.3, -0.25) is 0 Å². The zero-order chi connectivity index (χ0) is 13.0. The SMILES string of the molecule is Fc1cccc(F)c1CNc1cccc(CCl)c1. The first kappa shape index (κ1) is 12.8. The Hall–Kier alpha value is -1.61. The monoisotopic (exact) mass is 267 g/mol. The molecule has 0 heterocycles. The number of hydrogen-bond acceptors (Lipinski definition) is 1. The minimum atomic E-state index is -0.545. The van der Waals surface area contributed by atoms with E-state index in [9.17, 15) is 8.78 Å². The summed E-state index contributed by atoms with van der Waals surface area (Å²) in [5.41, 5.74) is 1.78. The third-order valence-electron chi connectivity index (χ3n) is 2.61. The molecule has 0 aliphatic carbocycles. The molecule has 0 bridgehead atoms. The van der Waals surface area contributed by atoms with Gasteiger partial charge in [-0.05, 0) is 29.8 Å². The van der Waals surface area contributed by atoms with Gasteiger partial charge in [-0.2, -0.15) is 0 Å². The highest BCUT2D eigenvalue weighted by Gasteiger charge is 2.07. The maximum Gasteiger partial charge on any atom is 0.131 e. The van der Waals surface area contributed by atoms with E-state index < -0.39 is 11.6 Å². The zero-order valence-corrected chi connectivity index (χ0v) is 10.3. The minimum Gasteiger partial charge on any atom is -0.381 e. The maximum atomic E-state index is 13.4. The second-order valence-electron chi connectivity index (χ2n) is 3.89. The van der Waals surface area contributed by atoms with Crippen LogP contribution in [0.25, 0.3) is 0 Å².